The Bertz CT molecular complexity index is 713. The highest BCUT2D eigenvalue weighted by Gasteiger charge is 2.09. The molecule has 2 aromatic heterocycles. The third kappa shape index (κ3) is 4.43. The predicted molar refractivity (Wildman–Crippen MR) is 82.4 cm³/mol. The molecule has 0 aliphatic rings. The van der Waals surface area contributed by atoms with Crippen LogP contribution in [-0.4, -0.2) is 41.0 Å². The Balaban J connectivity index is 1.96. The minimum atomic E-state index is -0.469. The van der Waals surface area contributed by atoms with Crippen LogP contribution in [0.3, 0.4) is 0 Å². The van der Waals surface area contributed by atoms with Crippen LogP contribution in [0.2, 0.25) is 0 Å². The van der Waals surface area contributed by atoms with Crippen molar-refractivity contribution in [2.24, 2.45) is 0 Å². The van der Waals surface area contributed by atoms with Gasteiger partial charge >= 0.3 is 12.0 Å². The first-order valence-electron chi connectivity index (χ1n) is 6.71. The summed E-state index contributed by atoms with van der Waals surface area (Å²) < 4.78 is 10.9. The number of aromatic nitrogens is 3. The summed E-state index contributed by atoms with van der Waals surface area (Å²) in [7, 11) is 2.82. The van der Waals surface area contributed by atoms with E-state index in [-0.39, 0.29) is 6.54 Å². The van der Waals surface area contributed by atoms with Gasteiger partial charge in [0.2, 0.25) is 5.88 Å². The molecule has 0 fully saturated rings. The van der Waals surface area contributed by atoms with E-state index >= 15 is 0 Å². The molecular formula is C14H17N5O4. The van der Waals surface area contributed by atoms with Gasteiger partial charge in [0.15, 0.2) is 5.82 Å². The lowest BCUT2D eigenvalue weighted by Gasteiger charge is -2.09. The number of esters is 1. The van der Waals surface area contributed by atoms with Crippen molar-refractivity contribution in [3.63, 3.8) is 0 Å². The van der Waals surface area contributed by atoms with Gasteiger partial charge in [-0.3, -0.25) is 14.8 Å². The van der Waals surface area contributed by atoms with E-state index in [0.29, 0.717) is 23.1 Å². The van der Waals surface area contributed by atoms with E-state index in [1.807, 2.05) is 0 Å². The zero-order valence-electron chi connectivity index (χ0n) is 13.0. The minimum Gasteiger partial charge on any atom is -0.481 e. The Morgan fingerprint density at radius 3 is 2.65 bits per heavy atom. The van der Waals surface area contributed by atoms with E-state index in [4.69, 9.17) is 4.74 Å². The van der Waals surface area contributed by atoms with Gasteiger partial charge in [-0.05, 0) is 13.0 Å². The fraction of sp³-hybridized carbons (Fsp3) is 0.286. The topological polar surface area (TPSA) is 107 Å². The van der Waals surface area contributed by atoms with Crippen molar-refractivity contribution >= 4 is 23.5 Å². The molecule has 0 saturated heterocycles. The van der Waals surface area contributed by atoms with Gasteiger partial charge in [-0.15, -0.1) is 0 Å². The molecule has 9 heteroatoms. The summed E-state index contributed by atoms with van der Waals surface area (Å²) in [5.41, 5.74) is 1.17. The van der Waals surface area contributed by atoms with Crippen LogP contribution in [0, 0.1) is 6.92 Å². The Hall–Kier alpha value is -3.10. The Labute approximate surface area is 132 Å². The highest BCUT2D eigenvalue weighted by molar-refractivity contribution is 5.99. The first-order chi connectivity index (χ1) is 11.0. The summed E-state index contributed by atoms with van der Waals surface area (Å²) in [6.07, 6.45) is 1.56. The first kappa shape index (κ1) is 16.3. The van der Waals surface area contributed by atoms with Crippen molar-refractivity contribution < 1.29 is 19.1 Å². The number of methoxy groups -OCH3 is 2. The number of carbonyl (C=O) groups excluding carboxylic acids is 2. The summed E-state index contributed by atoms with van der Waals surface area (Å²) >= 11 is 0. The minimum absolute atomic E-state index is 0.0265. The number of ether oxygens (including phenoxy) is 2. The third-order valence-corrected chi connectivity index (χ3v) is 2.92. The molecule has 2 amide bonds. The van der Waals surface area contributed by atoms with Crippen LogP contribution in [0.4, 0.5) is 16.3 Å². The second-order valence-electron chi connectivity index (χ2n) is 4.54. The molecule has 0 unspecified atom stereocenters. The Morgan fingerprint density at radius 2 is 2.00 bits per heavy atom. The molecule has 0 atom stereocenters. The quantitative estimate of drug-likeness (QED) is 0.807. The number of nitrogens with one attached hydrogen (secondary N) is 2. The Morgan fingerprint density at radius 1 is 1.22 bits per heavy atom. The van der Waals surface area contributed by atoms with Crippen LogP contribution in [0.15, 0.2) is 24.4 Å². The van der Waals surface area contributed by atoms with Crippen molar-refractivity contribution in [3.8, 4) is 5.88 Å². The van der Waals surface area contributed by atoms with Gasteiger partial charge in [-0.25, -0.2) is 9.78 Å². The molecule has 122 valence electrons. The number of carbonyl (C=O) groups is 2. The molecule has 23 heavy (non-hydrogen) atoms. The predicted octanol–water partition coefficient (Wildman–Crippen LogP) is 1.41. The number of rotatable bonds is 5. The van der Waals surface area contributed by atoms with Crippen LogP contribution in [0.25, 0.3) is 0 Å². The molecule has 0 aliphatic heterocycles. The summed E-state index contributed by atoms with van der Waals surface area (Å²) in [6, 6.07) is 4.44. The lowest BCUT2D eigenvalue weighted by atomic mass is 10.3. The molecule has 0 aliphatic carbocycles. The maximum Gasteiger partial charge on any atom is 0.327 e. The number of hydrogen-bond acceptors (Lipinski definition) is 6. The monoisotopic (exact) mass is 319 g/mol. The smallest absolute Gasteiger partial charge is 0.327 e. The molecule has 2 heterocycles. The van der Waals surface area contributed by atoms with E-state index in [1.165, 1.54) is 18.9 Å². The normalized spacial score (nSPS) is 10.0. The molecule has 9 nitrogen and oxygen atoms in total. The van der Waals surface area contributed by atoms with Crippen molar-refractivity contribution in [2.75, 3.05) is 24.9 Å². The summed E-state index contributed by atoms with van der Waals surface area (Å²) in [4.78, 5) is 27.3. The number of anilines is 2. The van der Waals surface area contributed by atoms with E-state index in [9.17, 15) is 9.59 Å². The maximum atomic E-state index is 12.0. The van der Waals surface area contributed by atoms with Gasteiger partial charge < -0.3 is 14.8 Å². The largest absolute Gasteiger partial charge is 0.481 e. The SMILES string of the molecule is COC(=O)Cn1ccc(NC(=O)Nc2ccc(OC)nc2C)n1. The van der Waals surface area contributed by atoms with Crippen LogP contribution in [0.5, 0.6) is 5.88 Å². The molecule has 0 bridgehead atoms. The van der Waals surface area contributed by atoms with Gasteiger partial charge in [-0.1, -0.05) is 0 Å². The molecule has 2 rings (SSSR count). The number of urea groups is 1. The summed E-state index contributed by atoms with van der Waals surface area (Å²) in [5.74, 6) is 0.351. The number of pyridine rings is 1. The first-order valence-corrected chi connectivity index (χ1v) is 6.71. The van der Waals surface area contributed by atoms with Gasteiger partial charge in [0.1, 0.15) is 6.54 Å². The van der Waals surface area contributed by atoms with Crippen LogP contribution >= 0.6 is 0 Å². The standard InChI is InChI=1S/C14H17N5O4/c1-9-10(4-5-12(15-9)22-2)16-14(21)17-11-6-7-19(18-11)8-13(20)23-3/h4-7H,8H2,1-3H3,(H2,16,17,18,21). The molecule has 2 aromatic rings. The number of aryl methyl sites for hydroxylation is 1. The highest BCUT2D eigenvalue weighted by atomic mass is 16.5. The van der Waals surface area contributed by atoms with E-state index < -0.39 is 12.0 Å². The number of nitrogens with zero attached hydrogens (tertiary/aromatic N) is 3. The van der Waals surface area contributed by atoms with Crippen molar-refractivity contribution in [3.05, 3.63) is 30.1 Å². The van der Waals surface area contributed by atoms with Gasteiger partial charge in [0.25, 0.3) is 0 Å². The third-order valence-electron chi connectivity index (χ3n) is 2.92. The van der Waals surface area contributed by atoms with Gasteiger partial charge in [-0.2, -0.15) is 5.10 Å². The fourth-order valence-electron chi connectivity index (χ4n) is 1.77. The van der Waals surface area contributed by atoms with Crippen LogP contribution in [-0.2, 0) is 16.1 Å². The van der Waals surface area contributed by atoms with E-state index in [0.717, 1.165) is 0 Å². The fourth-order valence-corrected chi connectivity index (χ4v) is 1.77. The lowest BCUT2D eigenvalue weighted by molar-refractivity contribution is -0.141. The van der Waals surface area contributed by atoms with E-state index in [1.54, 1.807) is 31.3 Å². The summed E-state index contributed by atoms with van der Waals surface area (Å²) in [6.45, 7) is 1.73. The van der Waals surface area contributed by atoms with Crippen LogP contribution < -0.4 is 15.4 Å². The van der Waals surface area contributed by atoms with Crippen LogP contribution in [0.1, 0.15) is 5.69 Å². The van der Waals surface area contributed by atoms with Crippen molar-refractivity contribution in [1.82, 2.24) is 14.8 Å². The maximum absolute atomic E-state index is 12.0. The Kier molecular flexibility index (Phi) is 5.13. The average molecular weight is 319 g/mol. The van der Waals surface area contributed by atoms with Gasteiger partial charge in [0.05, 0.1) is 25.6 Å². The molecular weight excluding hydrogens is 302 g/mol. The van der Waals surface area contributed by atoms with Crippen molar-refractivity contribution in [1.29, 1.82) is 0 Å². The lowest BCUT2D eigenvalue weighted by Crippen LogP contribution is -2.21. The van der Waals surface area contributed by atoms with E-state index in [2.05, 4.69) is 25.5 Å². The second kappa shape index (κ2) is 7.25. The second-order valence-corrected chi connectivity index (χ2v) is 4.54. The molecule has 2 N–H and O–H groups in total. The molecule has 0 aromatic carbocycles. The average Bonchev–Trinajstić information content (AvgIpc) is 2.95. The number of amides is 2. The molecule has 0 saturated carbocycles. The molecule has 0 radical (unpaired) electrons. The van der Waals surface area contributed by atoms with Gasteiger partial charge in [0, 0.05) is 18.3 Å². The number of hydrogen-bond donors (Lipinski definition) is 2. The molecule has 0 spiro atoms. The van der Waals surface area contributed by atoms with Crippen molar-refractivity contribution in [2.45, 2.75) is 13.5 Å². The highest BCUT2D eigenvalue weighted by Crippen LogP contribution is 2.17. The summed E-state index contributed by atoms with van der Waals surface area (Å²) in [5, 5.41) is 9.26. The zero-order valence-corrected chi connectivity index (χ0v) is 13.0. The zero-order chi connectivity index (χ0) is 16.8.